The summed E-state index contributed by atoms with van der Waals surface area (Å²) in [5, 5.41) is 6.30. The van der Waals surface area contributed by atoms with Gasteiger partial charge in [0.25, 0.3) is 11.5 Å². The number of aromatic amines is 1. The lowest BCUT2D eigenvalue weighted by atomic mass is 10.0. The van der Waals surface area contributed by atoms with E-state index < -0.39 is 11.2 Å². The van der Waals surface area contributed by atoms with Crippen LogP contribution < -0.4 is 21.9 Å². The number of rotatable bonds is 8. The number of aromatic nitrogens is 3. The molecule has 2 heterocycles. The highest BCUT2D eigenvalue weighted by molar-refractivity contribution is 6.05. The molecule has 0 aliphatic carbocycles. The third-order valence-corrected chi connectivity index (χ3v) is 4.86. The standard InChI is InChI=1S/C22H27N5O3/c1-4-27-19-18(21(29)26-22(27)30)16(13-17(25-19)14(2)3)20(28)24-12-8-11-23-15-9-6-5-7-10-15/h5-7,9-10,13-14,23H,4,8,11-12H2,1-3H3,(H,24,28)(H,26,29,30). The lowest BCUT2D eigenvalue weighted by Gasteiger charge is -2.14. The van der Waals surface area contributed by atoms with E-state index in [1.165, 1.54) is 4.57 Å². The van der Waals surface area contributed by atoms with Gasteiger partial charge in [-0.15, -0.1) is 0 Å². The highest BCUT2D eigenvalue weighted by Crippen LogP contribution is 2.19. The molecule has 0 bridgehead atoms. The quantitative estimate of drug-likeness (QED) is 0.495. The molecule has 30 heavy (non-hydrogen) atoms. The first kappa shape index (κ1) is 21.3. The molecule has 2 aromatic heterocycles. The van der Waals surface area contributed by atoms with Gasteiger partial charge >= 0.3 is 5.69 Å². The first-order chi connectivity index (χ1) is 14.4. The van der Waals surface area contributed by atoms with Gasteiger partial charge in [0.15, 0.2) is 5.65 Å². The van der Waals surface area contributed by atoms with Crippen LogP contribution in [0.5, 0.6) is 0 Å². The zero-order valence-corrected chi connectivity index (χ0v) is 17.5. The molecule has 0 saturated heterocycles. The van der Waals surface area contributed by atoms with Gasteiger partial charge in [-0.25, -0.2) is 9.78 Å². The Morgan fingerprint density at radius 3 is 2.57 bits per heavy atom. The number of nitrogens with one attached hydrogen (secondary N) is 3. The molecule has 0 unspecified atom stereocenters. The summed E-state index contributed by atoms with van der Waals surface area (Å²) in [5.41, 5.74) is 1.04. The summed E-state index contributed by atoms with van der Waals surface area (Å²) in [6.45, 7) is 7.19. The maximum atomic E-state index is 12.9. The molecule has 0 saturated carbocycles. The highest BCUT2D eigenvalue weighted by Gasteiger charge is 2.19. The smallest absolute Gasteiger partial charge is 0.329 e. The van der Waals surface area contributed by atoms with E-state index in [9.17, 15) is 14.4 Å². The molecule has 3 rings (SSSR count). The molecule has 0 spiro atoms. The number of pyridine rings is 1. The largest absolute Gasteiger partial charge is 0.385 e. The highest BCUT2D eigenvalue weighted by atomic mass is 16.2. The molecular weight excluding hydrogens is 382 g/mol. The molecule has 3 N–H and O–H groups in total. The van der Waals surface area contributed by atoms with Crippen molar-refractivity contribution in [2.24, 2.45) is 0 Å². The van der Waals surface area contributed by atoms with Crippen LogP contribution in [0, 0.1) is 0 Å². The fourth-order valence-corrected chi connectivity index (χ4v) is 3.24. The van der Waals surface area contributed by atoms with Gasteiger partial charge in [0.1, 0.15) is 0 Å². The van der Waals surface area contributed by atoms with Gasteiger partial charge in [-0.05, 0) is 37.5 Å². The molecule has 8 heteroatoms. The van der Waals surface area contributed by atoms with Crippen molar-refractivity contribution in [1.82, 2.24) is 19.9 Å². The van der Waals surface area contributed by atoms with Gasteiger partial charge in [-0.2, -0.15) is 0 Å². The summed E-state index contributed by atoms with van der Waals surface area (Å²) in [5.74, 6) is -0.313. The number of aryl methyl sites for hydroxylation is 1. The van der Waals surface area contributed by atoms with E-state index in [1.54, 1.807) is 13.0 Å². The summed E-state index contributed by atoms with van der Waals surface area (Å²) < 4.78 is 1.38. The SMILES string of the molecule is CCn1c(=O)[nH]c(=O)c2c(C(=O)NCCCNc3ccccc3)cc(C(C)C)nc21. The number of amides is 1. The first-order valence-corrected chi connectivity index (χ1v) is 10.2. The Hall–Kier alpha value is -3.42. The number of carbonyl (C=O) groups is 1. The Morgan fingerprint density at radius 1 is 1.17 bits per heavy atom. The minimum absolute atomic E-state index is 0.0377. The normalized spacial score (nSPS) is 11.1. The van der Waals surface area contributed by atoms with Crippen molar-refractivity contribution < 1.29 is 4.79 Å². The Balaban J connectivity index is 1.82. The Kier molecular flexibility index (Phi) is 6.66. The van der Waals surface area contributed by atoms with Crippen LogP contribution >= 0.6 is 0 Å². The molecule has 0 aliphatic heterocycles. The third-order valence-electron chi connectivity index (χ3n) is 4.86. The number of anilines is 1. The van der Waals surface area contributed by atoms with Crippen molar-refractivity contribution in [3.8, 4) is 0 Å². The van der Waals surface area contributed by atoms with Crippen LogP contribution in [0.3, 0.4) is 0 Å². The van der Waals surface area contributed by atoms with E-state index in [1.807, 2.05) is 44.2 Å². The van der Waals surface area contributed by atoms with Crippen LogP contribution in [0.1, 0.15) is 49.2 Å². The van der Waals surface area contributed by atoms with Gasteiger partial charge in [-0.1, -0.05) is 32.0 Å². The second-order valence-electron chi connectivity index (χ2n) is 7.35. The Morgan fingerprint density at radius 2 is 1.90 bits per heavy atom. The van der Waals surface area contributed by atoms with Crippen LogP contribution in [0.15, 0.2) is 46.0 Å². The number of para-hydroxylation sites is 1. The van der Waals surface area contributed by atoms with Gasteiger partial charge in [0, 0.05) is 31.0 Å². The van der Waals surface area contributed by atoms with Crippen molar-refractivity contribution in [1.29, 1.82) is 0 Å². The van der Waals surface area contributed by atoms with E-state index in [-0.39, 0.29) is 28.4 Å². The minimum Gasteiger partial charge on any atom is -0.385 e. The number of hydrogen-bond acceptors (Lipinski definition) is 5. The van der Waals surface area contributed by atoms with E-state index in [0.717, 1.165) is 12.1 Å². The predicted octanol–water partition coefficient (Wildman–Crippen LogP) is 2.46. The number of hydrogen-bond donors (Lipinski definition) is 3. The van der Waals surface area contributed by atoms with Gasteiger partial charge in [0.2, 0.25) is 0 Å². The second-order valence-corrected chi connectivity index (χ2v) is 7.35. The van der Waals surface area contributed by atoms with Crippen molar-refractivity contribution in [2.75, 3.05) is 18.4 Å². The average Bonchev–Trinajstić information content (AvgIpc) is 2.73. The second kappa shape index (κ2) is 9.39. The number of fused-ring (bicyclic) bond motifs is 1. The van der Waals surface area contributed by atoms with Crippen LogP contribution in [0.4, 0.5) is 5.69 Å². The molecule has 0 atom stereocenters. The molecule has 8 nitrogen and oxygen atoms in total. The number of carbonyl (C=O) groups excluding carboxylic acids is 1. The molecule has 3 aromatic rings. The number of benzene rings is 1. The van der Waals surface area contributed by atoms with E-state index >= 15 is 0 Å². The first-order valence-electron chi connectivity index (χ1n) is 10.2. The summed E-state index contributed by atoms with van der Waals surface area (Å²) in [7, 11) is 0. The molecule has 0 radical (unpaired) electrons. The van der Waals surface area contributed by atoms with Gasteiger partial charge < -0.3 is 10.6 Å². The van der Waals surface area contributed by atoms with E-state index in [4.69, 9.17) is 0 Å². The zero-order valence-electron chi connectivity index (χ0n) is 17.5. The fourth-order valence-electron chi connectivity index (χ4n) is 3.24. The van der Waals surface area contributed by atoms with Crippen molar-refractivity contribution in [3.63, 3.8) is 0 Å². The lowest BCUT2D eigenvalue weighted by molar-refractivity contribution is 0.0955. The predicted molar refractivity (Wildman–Crippen MR) is 118 cm³/mol. The van der Waals surface area contributed by atoms with Crippen molar-refractivity contribution >= 4 is 22.6 Å². The fraction of sp³-hybridized carbons (Fsp3) is 0.364. The maximum absolute atomic E-state index is 12.9. The average molecular weight is 409 g/mol. The lowest BCUT2D eigenvalue weighted by Crippen LogP contribution is -2.33. The molecule has 1 amide bonds. The van der Waals surface area contributed by atoms with Crippen LogP contribution in [0.2, 0.25) is 0 Å². The maximum Gasteiger partial charge on any atom is 0.329 e. The minimum atomic E-state index is -0.599. The zero-order chi connectivity index (χ0) is 21.7. The third kappa shape index (κ3) is 4.59. The van der Waals surface area contributed by atoms with Gasteiger partial charge in [-0.3, -0.25) is 19.1 Å². The topological polar surface area (TPSA) is 109 Å². The number of nitrogens with zero attached hydrogens (tertiary/aromatic N) is 2. The summed E-state index contributed by atoms with van der Waals surface area (Å²) in [6.07, 6.45) is 0.719. The number of H-pyrrole nitrogens is 1. The van der Waals surface area contributed by atoms with Crippen molar-refractivity contribution in [3.05, 3.63) is 68.5 Å². The van der Waals surface area contributed by atoms with E-state index in [0.29, 0.717) is 25.3 Å². The van der Waals surface area contributed by atoms with Crippen molar-refractivity contribution in [2.45, 2.75) is 39.7 Å². The summed E-state index contributed by atoms with van der Waals surface area (Å²) in [4.78, 5) is 44.4. The molecule has 0 aliphatic rings. The Labute approximate surface area is 174 Å². The Bertz CT molecular complexity index is 1150. The molecule has 158 valence electrons. The van der Waals surface area contributed by atoms with E-state index in [2.05, 4.69) is 20.6 Å². The molecule has 1 aromatic carbocycles. The van der Waals surface area contributed by atoms with Crippen LogP contribution in [-0.2, 0) is 6.54 Å². The molecule has 0 fully saturated rings. The van der Waals surface area contributed by atoms with Gasteiger partial charge in [0.05, 0.1) is 10.9 Å². The molecular formula is C22H27N5O3. The summed E-state index contributed by atoms with van der Waals surface area (Å²) in [6, 6.07) is 11.5. The van der Waals surface area contributed by atoms with Crippen LogP contribution in [0.25, 0.3) is 11.0 Å². The summed E-state index contributed by atoms with van der Waals surface area (Å²) >= 11 is 0. The monoisotopic (exact) mass is 409 g/mol. The van der Waals surface area contributed by atoms with Crippen LogP contribution in [-0.4, -0.2) is 33.5 Å².